The van der Waals surface area contributed by atoms with Crippen LogP contribution in [0.1, 0.15) is 19.8 Å². The summed E-state index contributed by atoms with van der Waals surface area (Å²) in [5.74, 6) is 1.52. The monoisotopic (exact) mass is 548 g/mol. The molecule has 1 fully saturated rings. The van der Waals surface area contributed by atoms with E-state index in [9.17, 15) is 17.6 Å². The molecule has 1 aromatic carbocycles. The maximum atomic E-state index is 12.9. The number of guanidine groups is 1. The summed E-state index contributed by atoms with van der Waals surface area (Å²) in [4.78, 5) is 7.02. The van der Waals surface area contributed by atoms with Gasteiger partial charge >= 0.3 is 6.18 Å². The molecular weight excluding hydrogens is 519 g/mol. The van der Waals surface area contributed by atoms with E-state index in [2.05, 4.69) is 15.6 Å². The number of hydrogen-bond donors (Lipinski definition) is 2. The molecule has 1 saturated heterocycles. The van der Waals surface area contributed by atoms with E-state index in [1.54, 1.807) is 23.9 Å². The third-order valence-electron chi connectivity index (χ3n) is 4.32. The van der Waals surface area contributed by atoms with E-state index < -0.39 is 12.7 Å². The van der Waals surface area contributed by atoms with Crippen LogP contribution in [0.15, 0.2) is 34.2 Å². The topological polar surface area (TPSA) is 39.7 Å². The van der Waals surface area contributed by atoms with Gasteiger partial charge in [0.1, 0.15) is 5.82 Å². The van der Waals surface area contributed by atoms with Gasteiger partial charge in [-0.3, -0.25) is 9.89 Å². The fraction of sp³-hybridized carbons (Fsp3) is 0.632. The highest BCUT2D eigenvalue weighted by Gasteiger charge is 2.34. The zero-order valence-corrected chi connectivity index (χ0v) is 19.6. The highest BCUT2D eigenvalue weighted by molar-refractivity contribution is 14.0. The van der Waals surface area contributed by atoms with Gasteiger partial charge in [0.2, 0.25) is 0 Å². The van der Waals surface area contributed by atoms with Crippen LogP contribution in [0.3, 0.4) is 0 Å². The highest BCUT2D eigenvalue weighted by atomic mass is 127. The molecule has 0 spiro atoms. The van der Waals surface area contributed by atoms with Crippen molar-refractivity contribution in [2.24, 2.45) is 10.9 Å². The first kappa shape index (κ1) is 26.3. The second-order valence-electron chi connectivity index (χ2n) is 6.81. The van der Waals surface area contributed by atoms with Gasteiger partial charge in [0.05, 0.1) is 6.54 Å². The Labute approximate surface area is 191 Å². The van der Waals surface area contributed by atoms with E-state index in [4.69, 9.17) is 0 Å². The number of halogens is 5. The van der Waals surface area contributed by atoms with Crippen molar-refractivity contribution in [1.82, 2.24) is 15.5 Å². The summed E-state index contributed by atoms with van der Waals surface area (Å²) in [5.41, 5.74) is 0. The van der Waals surface area contributed by atoms with E-state index in [0.29, 0.717) is 25.6 Å². The molecular formula is C19H29F4IN4S. The second kappa shape index (κ2) is 13.5. The summed E-state index contributed by atoms with van der Waals surface area (Å²) in [6.45, 7) is 4.04. The van der Waals surface area contributed by atoms with Crippen LogP contribution in [-0.2, 0) is 0 Å². The molecule has 166 valence electrons. The lowest BCUT2D eigenvalue weighted by molar-refractivity contribution is -0.143. The maximum absolute atomic E-state index is 12.9. The first-order chi connectivity index (χ1) is 13.4. The highest BCUT2D eigenvalue weighted by Crippen LogP contribution is 2.23. The smallest absolute Gasteiger partial charge is 0.357 e. The fourth-order valence-electron chi connectivity index (χ4n) is 3.02. The zero-order chi connectivity index (χ0) is 20.4. The van der Waals surface area contributed by atoms with E-state index in [1.165, 1.54) is 17.0 Å². The van der Waals surface area contributed by atoms with Gasteiger partial charge < -0.3 is 10.6 Å². The molecule has 1 heterocycles. The average molecular weight is 548 g/mol. The number of benzene rings is 1. The van der Waals surface area contributed by atoms with Crippen LogP contribution in [0, 0.1) is 11.7 Å². The minimum Gasteiger partial charge on any atom is -0.357 e. The van der Waals surface area contributed by atoms with Crippen LogP contribution in [-0.4, -0.2) is 62.1 Å². The Bertz CT molecular complexity index is 613. The van der Waals surface area contributed by atoms with Crippen molar-refractivity contribution in [1.29, 1.82) is 0 Å². The molecule has 0 saturated carbocycles. The standard InChI is InChI=1S/C19H28F4N4S.HI/c1-2-24-18(25-9-3-11-28-17-6-4-16(20)5-7-17)26-12-15-8-10-27(13-15)14-19(21,22)23;/h4-7,15H,2-3,8-14H2,1H3,(H2,24,25,26);1H. The molecule has 0 aliphatic carbocycles. The van der Waals surface area contributed by atoms with Crippen LogP contribution in [0.2, 0.25) is 0 Å². The van der Waals surface area contributed by atoms with E-state index in [0.717, 1.165) is 36.6 Å². The average Bonchev–Trinajstić information content (AvgIpc) is 3.06. The zero-order valence-electron chi connectivity index (χ0n) is 16.5. The normalized spacial score (nSPS) is 17.8. The van der Waals surface area contributed by atoms with Gasteiger partial charge in [-0.05, 0) is 62.2 Å². The Morgan fingerprint density at radius 3 is 2.62 bits per heavy atom. The minimum atomic E-state index is -4.14. The summed E-state index contributed by atoms with van der Waals surface area (Å²) in [5, 5.41) is 6.43. The fourth-order valence-corrected chi connectivity index (χ4v) is 3.87. The molecule has 1 aliphatic heterocycles. The number of thioether (sulfide) groups is 1. The lowest BCUT2D eigenvalue weighted by atomic mass is 10.1. The molecule has 1 aromatic rings. The molecule has 0 amide bonds. The summed E-state index contributed by atoms with van der Waals surface area (Å²) in [6.07, 6.45) is -2.48. The Hall–Kier alpha value is -0.750. The van der Waals surface area contributed by atoms with Gasteiger partial charge in [-0.25, -0.2) is 4.39 Å². The van der Waals surface area contributed by atoms with Gasteiger partial charge in [0.25, 0.3) is 0 Å². The number of nitrogens with one attached hydrogen (secondary N) is 2. The first-order valence-corrected chi connectivity index (χ1v) is 10.5. The molecule has 1 aliphatic rings. The van der Waals surface area contributed by atoms with Crippen LogP contribution >= 0.6 is 35.7 Å². The second-order valence-corrected chi connectivity index (χ2v) is 7.98. The Balaban J connectivity index is 0.00000420. The molecule has 2 rings (SSSR count). The van der Waals surface area contributed by atoms with Crippen molar-refractivity contribution in [3.05, 3.63) is 30.1 Å². The number of likely N-dealkylation sites (tertiary alicyclic amines) is 1. The van der Waals surface area contributed by atoms with Crippen LogP contribution in [0.4, 0.5) is 17.6 Å². The van der Waals surface area contributed by atoms with Gasteiger partial charge in [0.15, 0.2) is 5.96 Å². The molecule has 29 heavy (non-hydrogen) atoms. The number of alkyl halides is 3. The van der Waals surface area contributed by atoms with Crippen molar-refractivity contribution in [2.45, 2.75) is 30.8 Å². The summed E-state index contributed by atoms with van der Waals surface area (Å²) < 4.78 is 50.3. The SMILES string of the molecule is CCNC(=NCC1CCN(CC(F)(F)F)C1)NCCCSc1ccc(F)cc1.I. The third-order valence-corrected chi connectivity index (χ3v) is 5.42. The molecule has 1 atom stereocenters. The van der Waals surface area contributed by atoms with E-state index in [1.807, 2.05) is 6.92 Å². The lowest BCUT2D eigenvalue weighted by Gasteiger charge is -2.17. The lowest BCUT2D eigenvalue weighted by Crippen LogP contribution is -2.38. The van der Waals surface area contributed by atoms with E-state index in [-0.39, 0.29) is 35.7 Å². The van der Waals surface area contributed by atoms with Crippen LogP contribution in [0.25, 0.3) is 0 Å². The van der Waals surface area contributed by atoms with Crippen molar-refractivity contribution in [3.8, 4) is 0 Å². The molecule has 2 N–H and O–H groups in total. The number of hydrogen-bond acceptors (Lipinski definition) is 3. The largest absolute Gasteiger partial charge is 0.401 e. The van der Waals surface area contributed by atoms with Crippen molar-refractivity contribution < 1.29 is 17.6 Å². The number of aliphatic imine (C=N–C) groups is 1. The molecule has 0 bridgehead atoms. The Morgan fingerprint density at radius 2 is 1.97 bits per heavy atom. The Morgan fingerprint density at radius 1 is 1.24 bits per heavy atom. The van der Waals surface area contributed by atoms with Gasteiger partial charge in [-0.2, -0.15) is 13.2 Å². The van der Waals surface area contributed by atoms with Gasteiger partial charge in [-0.1, -0.05) is 0 Å². The Kier molecular flexibility index (Phi) is 12.3. The van der Waals surface area contributed by atoms with Crippen LogP contribution in [0.5, 0.6) is 0 Å². The molecule has 0 aromatic heterocycles. The van der Waals surface area contributed by atoms with Crippen LogP contribution < -0.4 is 10.6 Å². The quantitative estimate of drug-likeness (QED) is 0.120. The summed E-state index contributed by atoms with van der Waals surface area (Å²) in [7, 11) is 0. The number of rotatable bonds is 9. The summed E-state index contributed by atoms with van der Waals surface area (Å²) in [6, 6.07) is 6.44. The number of nitrogens with zero attached hydrogens (tertiary/aromatic N) is 2. The minimum absolute atomic E-state index is 0. The van der Waals surface area contributed by atoms with E-state index >= 15 is 0 Å². The van der Waals surface area contributed by atoms with Crippen molar-refractivity contribution in [3.63, 3.8) is 0 Å². The summed E-state index contributed by atoms with van der Waals surface area (Å²) >= 11 is 1.67. The molecule has 1 unspecified atom stereocenters. The predicted octanol–water partition coefficient (Wildman–Crippen LogP) is 4.37. The van der Waals surface area contributed by atoms with Gasteiger partial charge in [-0.15, -0.1) is 35.7 Å². The van der Waals surface area contributed by atoms with Crippen molar-refractivity contribution >= 4 is 41.7 Å². The first-order valence-electron chi connectivity index (χ1n) is 9.55. The predicted molar refractivity (Wildman–Crippen MR) is 122 cm³/mol. The third kappa shape index (κ3) is 11.3. The molecule has 10 heteroatoms. The molecule has 4 nitrogen and oxygen atoms in total. The molecule has 0 radical (unpaired) electrons. The van der Waals surface area contributed by atoms with Gasteiger partial charge in [0, 0.05) is 31.1 Å². The maximum Gasteiger partial charge on any atom is 0.401 e. The van der Waals surface area contributed by atoms with Crippen molar-refractivity contribution in [2.75, 3.05) is 45.0 Å².